The standard InChI is InChI=1S/C23H27ClN2O6S/c1-2-26(15-16-5-8-20-21(12-16)32-11-10-31-20)23(27)17-6-7-19(24)22(13-17)33(28,29)25-14-18-4-3-9-30-18/h5-8,12-13,18,25H,2-4,9-11,14-15H2,1H3. The van der Waals surface area contributed by atoms with Crippen molar-refractivity contribution in [3.63, 3.8) is 0 Å². The van der Waals surface area contributed by atoms with E-state index in [1.165, 1.54) is 18.2 Å². The van der Waals surface area contributed by atoms with Crippen LogP contribution in [0.15, 0.2) is 41.3 Å². The molecule has 1 saturated heterocycles. The van der Waals surface area contributed by atoms with Crippen LogP contribution in [0.3, 0.4) is 0 Å². The maximum absolute atomic E-state index is 13.2. The molecule has 33 heavy (non-hydrogen) atoms. The van der Waals surface area contributed by atoms with Crippen LogP contribution in [0.25, 0.3) is 0 Å². The van der Waals surface area contributed by atoms with Gasteiger partial charge in [0.15, 0.2) is 11.5 Å². The van der Waals surface area contributed by atoms with Crippen LogP contribution in [0.2, 0.25) is 5.02 Å². The van der Waals surface area contributed by atoms with Crippen molar-refractivity contribution in [2.24, 2.45) is 0 Å². The van der Waals surface area contributed by atoms with Crippen LogP contribution in [-0.2, 0) is 21.3 Å². The van der Waals surface area contributed by atoms with Gasteiger partial charge >= 0.3 is 0 Å². The van der Waals surface area contributed by atoms with Gasteiger partial charge in [0.1, 0.15) is 18.1 Å². The molecule has 1 fully saturated rings. The fourth-order valence-electron chi connectivity index (χ4n) is 3.84. The smallest absolute Gasteiger partial charge is 0.254 e. The first-order valence-electron chi connectivity index (χ1n) is 11.0. The molecule has 4 rings (SSSR count). The van der Waals surface area contributed by atoms with E-state index in [1.807, 2.05) is 25.1 Å². The Morgan fingerprint density at radius 3 is 2.64 bits per heavy atom. The Morgan fingerprint density at radius 1 is 1.12 bits per heavy atom. The quantitative estimate of drug-likeness (QED) is 0.605. The molecule has 0 radical (unpaired) electrons. The molecule has 0 spiro atoms. The summed E-state index contributed by atoms with van der Waals surface area (Å²) in [5, 5.41) is 0.0567. The van der Waals surface area contributed by atoms with Gasteiger partial charge < -0.3 is 19.1 Å². The molecule has 1 atom stereocenters. The predicted molar refractivity (Wildman–Crippen MR) is 123 cm³/mol. The lowest BCUT2D eigenvalue weighted by Crippen LogP contribution is -2.33. The number of carbonyl (C=O) groups is 1. The fourth-order valence-corrected chi connectivity index (χ4v) is 5.43. The lowest BCUT2D eigenvalue weighted by molar-refractivity contribution is 0.0752. The number of hydrogen-bond acceptors (Lipinski definition) is 6. The van der Waals surface area contributed by atoms with Gasteiger partial charge in [-0.05, 0) is 55.7 Å². The van der Waals surface area contributed by atoms with Crippen molar-refractivity contribution < 1.29 is 27.4 Å². The molecule has 0 bridgehead atoms. The minimum Gasteiger partial charge on any atom is -0.486 e. The molecule has 0 aliphatic carbocycles. The number of sulfonamides is 1. The lowest BCUT2D eigenvalue weighted by atomic mass is 10.1. The first kappa shape index (κ1) is 23.8. The minimum atomic E-state index is -3.90. The van der Waals surface area contributed by atoms with Crippen LogP contribution in [0.1, 0.15) is 35.7 Å². The van der Waals surface area contributed by atoms with Gasteiger partial charge in [0.05, 0.1) is 11.1 Å². The zero-order valence-electron chi connectivity index (χ0n) is 18.4. The van der Waals surface area contributed by atoms with Crippen molar-refractivity contribution in [2.45, 2.75) is 37.3 Å². The highest BCUT2D eigenvalue weighted by Gasteiger charge is 2.25. The van der Waals surface area contributed by atoms with Crippen LogP contribution in [0, 0.1) is 0 Å². The molecule has 2 heterocycles. The summed E-state index contributed by atoms with van der Waals surface area (Å²) in [6.45, 7) is 4.44. The van der Waals surface area contributed by atoms with E-state index in [9.17, 15) is 13.2 Å². The Kier molecular flexibility index (Phi) is 7.43. The van der Waals surface area contributed by atoms with Gasteiger partial charge in [-0.3, -0.25) is 4.79 Å². The zero-order chi connectivity index (χ0) is 23.4. The first-order chi connectivity index (χ1) is 15.9. The minimum absolute atomic E-state index is 0.0567. The van der Waals surface area contributed by atoms with E-state index in [0.717, 1.165) is 18.4 Å². The van der Waals surface area contributed by atoms with E-state index in [-0.39, 0.29) is 34.0 Å². The highest BCUT2D eigenvalue weighted by molar-refractivity contribution is 7.89. The summed E-state index contributed by atoms with van der Waals surface area (Å²) in [5.74, 6) is 1.04. The Bertz CT molecular complexity index is 1120. The fraction of sp³-hybridized carbons (Fsp3) is 0.435. The van der Waals surface area contributed by atoms with Crippen molar-refractivity contribution in [3.05, 3.63) is 52.5 Å². The number of nitrogens with one attached hydrogen (secondary N) is 1. The summed E-state index contributed by atoms with van der Waals surface area (Å²) in [6.07, 6.45) is 1.57. The Hall–Kier alpha value is -2.33. The van der Waals surface area contributed by atoms with Crippen LogP contribution in [0.5, 0.6) is 11.5 Å². The Balaban J connectivity index is 1.50. The molecule has 8 nitrogen and oxygen atoms in total. The molecule has 1 unspecified atom stereocenters. The second-order valence-corrected chi connectivity index (χ2v) is 10.1. The van der Waals surface area contributed by atoms with E-state index < -0.39 is 10.0 Å². The monoisotopic (exact) mass is 494 g/mol. The van der Waals surface area contributed by atoms with Crippen molar-refractivity contribution in [3.8, 4) is 11.5 Å². The van der Waals surface area contributed by atoms with Gasteiger partial charge in [0.2, 0.25) is 10.0 Å². The molecule has 0 aromatic heterocycles. The summed E-state index contributed by atoms with van der Waals surface area (Å²) in [6, 6.07) is 9.88. The first-order valence-corrected chi connectivity index (χ1v) is 12.8. The molecule has 1 amide bonds. The molecule has 2 aromatic rings. The molecule has 2 aliphatic heterocycles. The van der Waals surface area contributed by atoms with Crippen LogP contribution in [-0.4, -0.2) is 58.2 Å². The molecule has 2 aliphatic rings. The van der Waals surface area contributed by atoms with E-state index in [1.54, 1.807) is 4.90 Å². The van der Waals surface area contributed by atoms with Gasteiger partial charge in [0.25, 0.3) is 5.91 Å². The van der Waals surface area contributed by atoms with Gasteiger partial charge in [-0.1, -0.05) is 17.7 Å². The third-order valence-electron chi connectivity index (χ3n) is 5.64. The molecule has 0 saturated carbocycles. The SMILES string of the molecule is CCN(Cc1ccc2c(c1)OCCO2)C(=O)c1ccc(Cl)c(S(=O)(=O)NCC2CCCO2)c1. The number of fused-ring (bicyclic) bond motifs is 1. The average molecular weight is 495 g/mol. The molecule has 10 heteroatoms. The maximum atomic E-state index is 13.2. The average Bonchev–Trinajstić information content (AvgIpc) is 3.35. The van der Waals surface area contributed by atoms with E-state index in [4.69, 9.17) is 25.8 Å². The number of carbonyl (C=O) groups excluding carboxylic acids is 1. The van der Waals surface area contributed by atoms with E-state index in [2.05, 4.69) is 4.72 Å². The molecular formula is C23H27ClN2O6S. The number of nitrogens with zero attached hydrogens (tertiary/aromatic N) is 1. The summed E-state index contributed by atoms with van der Waals surface area (Å²) < 4.78 is 44.9. The highest BCUT2D eigenvalue weighted by atomic mass is 35.5. The van der Waals surface area contributed by atoms with Gasteiger partial charge in [-0.2, -0.15) is 0 Å². The second kappa shape index (κ2) is 10.3. The maximum Gasteiger partial charge on any atom is 0.254 e. The molecule has 178 valence electrons. The van der Waals surface area contributed by atoms with Crippen molar-refractivity contribution in [1.82, 2.24) is 9.62 Å². The lowest BCUT2D eigenvalue weighted by Gasteiger charge is -2.23. The summed E-state index contributed by atoms with van der Waals surface area (Å²) >= 11 is 6.19. The largest absolute Gasteiger partial charge is 0.486 e. The normalized spacial score (nSPS) is 17.7. The third-order valence-corrected chi connectivity index (χ3v) is 7.55. The molecular weight excluding hydrogens is 468 g/mol. The number of ether oxygens (including phenoxy) is 3. The summed E-state index contributed by atoms with van der Waals surface area (Å²) in [7, 11) is -3.90. The van der Waals surface area contributed by atoms with Crippen LogP contribution < -0.4 is 14.2 Å². The van der Waals surface area contributed by atoms with Gasteiger partial charge in [-0.15, -0.1) is 0 Å². The molecule has 1 N–H and O–H groups in total. The highest BCUT2D eigenvalue weighted by Crippen LogP contribution is 2.31. The topological polar surface area (TPSA) is 94.2 Å². The number of benzene rings is 2. The summed E-state index contributed by atoms with van der Waals surface area (Å²) in [4.78, 5) is 14.7. The van der Waals surface area contributed by atoms with Gasteiger partial charge in [0, 0.05) is 31.8 Å². The Labute approximate surface area is 198 Å². The number of rotatable bonds is 8. The van der Waals surface area contributed by atoms with Crippen LogP contribution in [0.4, 0.5) is 0 Å². The van der Waals surface area contributed by atoms with Crippen LogP contribution >= 0.6 is 11.6 Å². The molecule has 2 aromatic carbocycles. The van der Waals surface area contributed by atoms with Crippen molar-refractivity contribution in [1.29, 1.82) is 0 Å². The Morgan fingerprint density at radius 2 is 1.91 bits per heavy atom. The second-order valence-electron chi connectivity index (χ2n) is 7.93. The zero-order valence-corrected chi connectivity index (χ0v) is 20.0. The number of halogens is 1. The summed E-state index contributed by atoms with van der Waals surface area (Å²) in [5.41, 5.74) is 1.13. The van der Waals surface area contributed by atoms with Crippen molar-refractivity contribution >= 4 is 27.5 Å². The van der Waals surface area contributed by atoms with E-state index in [0.29, 0.717) is 44.4 Å². The van der Waals surface area contributed by atoms with E-state index >= 15 is 0 Å². The number of amides is 1. The predicted octanol–water partition coefficient (Wildman–Crippen LogP) is 3.23. The number of hydrogen-bond donors (Lipinski definition) is 1. The third kappa shape index (κ3) is 5.60. The van der Waals surface area contributed by atoms with Gasteiger partial charge in [-0.25, -0.2) is 13.1 Å². The van der Waals surface area contributed by atoms with Crippen molar-refractivity contribution in [2.75, 3.05) is 32.9 Å².